The van der Waals surface area contributed by atoms with Crippen LogP contribution in [0.3, 0.4) is 0 Å². The third-order valence-electron chi connectivity index (χ3n) is 4.03. The fourth-order valence-corrected chi connectivity index (χ4v) is 2.97. The van der Waals surface area contributed by atoms with Gasteiger partial charge in [0.05, 0.1) is 5.56 Å². The Morgan fingerprint density at radius 2 is 1.83 bits per heavy atom. The number of alkyl halides is 3. The molecule has 2 aromatic rings. The molecule has 156 valence electrons. The highest BCUT2D eigenvalue weighted by atomic mass is 35.5. The highest BCUT2D eigenvalue weighted by Crippen LogP contribution is 2.35. The Labute approximate surface area is 173 Å². The lowest BCUT2D eigenvalue weighted by molar-refractivity contribution is -0.137. The van der Waals surface area contributed by atoms with Crippen molar-refractivity contribution in [2.75, 3.05) is 12.1 Å². The Bertz CT molecular complexity index is 1060. The van der Waals surface area contributed by atoms with Gasteiger partial charge >= 0.3 is 6.18 Å². The van der Waals surface area contributed by atoms with Crippen molar-refractivity contribution in [2.24, 2.45) is 5.73 Å². The zero-order chi connectivity index (χ0) is 21.9. The zero-order valence-electron chi connectivity index (χ0n) is 15.1. The topological polar surface area (TPSA) is 90.7 Å². The molecule has 6 nitrogen and oxygen atoms in total. The Morgan fingerprint density at radius 1 is 1.10 bits per heavy atom. The van der Waals surface area contributed by atoms with Crippen molar-refractivity contribution in [1.29, 1.82) is 0 Å². The summed E-state index contributed by atoms with van der Waals surface area (Å²) in [5, 5.41) is 2.45. The van der Waals surface area contributed by atoms with Gasteiger partial charge < -0.3 is 20.5 Å². The second kappa shape index (κ2) is 8.50. The number of primary amides is 1. The Kier molecular flexibility index (Phi) is 6.02. The van der Waals surface area contributed by atoms with E-state index in [2.05, 4.69) is 5.32 Å². The molecule has 3 N–H and O–H groups in total. The Hall–Kier alpha value is -3.46. The summed E-state index contributed by atoms with van der Waals surface area (Å²) in [6.07, 6.45) is -3.43. The number of halogens is 4. The van der Waals surface area contributed by atoms with Gasteiger partial charge in [-0.15, -0.1) is 0 Å². The first-order chi connectivity index (χ1) is 14.2. The van der Waals surface area contributed by atoms with Crippen LogP contribution in [0, 0.1) is 0 Å². The van der Waals surface area contributed by atoms with Crippen LogP contribution in [-0.2, 0) is 25.2 Å². The monoisotopic (exact) mass is 438 g/mol. The van der Waals surface area contributed by atoms with Crippen molar-refractivity contribution in [2.45, 2.75) is 6.18 Å². The molecule has 2 amide bonds. The van der Waals surface area contributed by atoms with E-state index in [0.717, 1.165) is 18.2 Å². The number of benzene rings is 2. The van der Waals surface area contributed by atoms with Crippen LogP contribution in [0.25, 0.3) is 5.57 Å². The Morgan fingerprint density at radius 3 is 2.43 bits per heavy atom. The van der Waals surface area contributed by atoms with Crippen LogP contribution in [0.15, 0.2) is 66.1 Å². The van der Waals surface area contributed by atoms with Crippen molar-refractivity contribution in [3.05, 3.63) is 82.3 Å². The molecule has 0 aliphatic carbocycles. The first-order valence-electron chi connectivity index (χ1n) is 8.41. The average molecular weight is 439 g/mol. The van der Waals surface area contributed by atoms with Crippen LogP contribution in [0.1, 0.15) is 11.1 Å². The maximum atomic E-state index is 12.9. The van der Waals surface area contributed by atoms with Crippen molar-refractivity contribution >= 4 is 34.7 Å². The minimum atomic E-state index is -4.61. The summed E-state index contributed by atoms with van der Waals surface area (Å²) in [7, 11) is 0. The fraction of sp³-hybridized carbons (Fsp3) is 0.100. The molecule has 1 heterocycles. The number of amides is 2. The van der Waals surface area contributed by atoms with Crippen LogP contribution >= 0.6 is 11.6 Å². The van der Waals surface area contributed by atoms with E-state index in [0.29, 0.717) is 0 Å². The van der Waals surface area contributed by atoms with E-state index in [1.54, 1.807) is 12.1 Å². The maximum Gasteiger partial charge on any atom is 0.416 e. The van der Waals surface area contributed by atoms with Gasteiger partial charge in [0.2, 0.25) is 6.79 Å². The molecule has 0 atom stereocenters. The summed E-state index contributed by atoms with van der Waals surface area (Å²) >= 11 is 6.22. The molecule has 0 bridgehead atoms. The summed E-state index contributed by atoms with van der Waals surface area (Å²) in [6, 6.07) is 10.3. The second-order valence-corrected chi connectivity index (χ2v) is 6.44. The van der Waals surface area contributed by atoms with E-state index in [-0.39, 0.29) is 34.4 Å². The zero-order valence-corrected chi connectivity index (χ0v) is 15.9. The Balaban J connectivity index is 2.10. The number of nitrogens with two attached hydrogens (primary N) is 1. The van der Waals surface area contributed by atoms with Gasteiger partial charge in [-0.25, -0.2) is 0 Å². The van der Waals surface area contributed by atoms with Gasteiger partial charge in [-0.3, -0.25) is 9.59 Å². The van der Waals surface area contributed by atoms with Crippen LogP contribution in [0.5, 0.6) is 0 Å². The van der Waals surface area contributed by atoms with Crippen LogP contribution in [-0.4, -0.2) is 18.6 Å². The molecule has 1 aliphatic rings. The molecule has 0 saturated heterocycles. The number of allylic oxidation sites excluding steroid dienone is 1. The number of rotatable bonds is 5. The summed E-state index contributed by atoms with van der Waals surface area (Å²) in [5.74, 6) is -2.14. The summed E-state index contributed by atoms with van der Waals surface area (Å²) < 4.78 is 49.1. The van der Waals surface area contributed by atoms with Crippen LogP contribution in [0.2, 0.25) is 5.02 Å². The molecule has 0 fully saturated rings. The SMILES string of the molecule is NC(=O)C(C(=O)Nc1cccc(C(F)(F)F)c1)=C(C1=COCO1)c1ccccc1Cl. The van der Waals surface area contributed by atoms with E-state index in [1.807, 2.05) is 0 Å². The van der Waals surface area contributed by atoms with E-state index in [9.17, 15) is 22.8 Å². The summed E-state index contributed by atoms with van der Waals surface area (Å²) in [6.45, 7) is -0.162. The van der Waals surface area contributed by atoms with Crippen molar-refractivity contribution < 1.29 is 32.2 Å². The lowest BCUT2D eigenvalue weighted by atomic mass is 9.97. The quantitative estimate of drug-likeness (QED) is 0.418. The highest BCUT2D eigenvalue weighted by Gasteiger charge is 2.32. The van der Waals surface area contributed by atoms with E-state index < -0.39 is 29.1 Å². The second-order valence-electron chi connectivity index (χ2n) is 6.04. The van der Waals surface area contributed by atoms with E-state index >= 15 is 0 Å². The lowest BCUT2D eigenvalue weighted by Gasteiger charge is -2.15. The summed E-state index contributed by atoms with van der Waals surface area (Å²) in [5.41, 5.74) is 3.95. The van der Waals surface area contributed by atoms with Crippen molar-refractivity contribution in [3.63, 3.8) is 0 Å². The molecular formula is C20H14ClF3N2O4. The normalized spacial score (nSPS) is 14.2. The number of hydrogen-bond acceptors (Lipinski definition) is 4. The smallest absolute Gasteiger partial charge is 0.416 e. The largest absolute Gasteiger partial charge is 0.461 e. The molecule has 0 saturated carbocycles. The molecule has 3 rings (SSSR count). The third kappa shape index (κ3) is 4.57. The average Bonchev–Trinajstić information content (AvgIpc) is 3.20. The number of anilines is 1. The molecule has 0 aromatic heterocycles. The van der Waals surface area contributed by atoms with Gasteiger partial charge in [0.15, 0.2) is 5.76 Å². The highest BCUT2D eigenvalue weighted by molar-refractivity contribution is 6.34. The van der Waals surface area contributed by atoms with Crippen molar-refractivity contribution in [3.8, 4) is 0 Å². The molecule has 0 unspecified atom stereocenters. The van der Waals surface area contributed by atoms with E-state index in [4.69, 9.17) is 26.8 Å². The molecule has 0 radical (unpaired) electrons. The van der Waals surface area contributed by atoms with Crippen LogP contribution < -0.4 is 11.1 Å². The lowest BCUT2D eigenvalue weighted by Crippen LogP contribution is -2.27. The first-order valence-corrected chi connectivity index (χ1v) is 8.79. The fourth-order valence-electron chi connectivity index (χ4n) is 2.74. The number of hydrogen-bond donors (Lipinski definition) is 2. The minimum Gasteiger partial charge on any atom is -0.461 e. The number of carbonyl (C=O) groups is 2. The number of nitrogens with one attached hydrogen (secondary N) is 1. The number of carbonyl (C=O) groups excluding carboxylic acids is 2. The van der Waals surface area contributed by atoms with Gasteiger partial charge in [-0.1, -0.05) is 35.9 Å². The van der Waals surface area contributed by atoms with Crippen molar-refractivity contribution in [1.82, 2.24) is 0 Å². The van der Waals surface area contributed by atoms with Gasteiger partial charge in [0.25, 0.3) is 11.8 Å². The van der Waals surface area contributed by atoms with Gasteiger partial charge in [-0.05, 0) is 24.3 Å². The molecular weight excluding hydrogens is 425 g/mol. The predicted molar refractivity (Wildman–Crippen MR) is 103 cm³/mol. The molecule has 1 aliphatic heterocycles. The maximum absolute atomic E-state index is 12.9. The van der Waals surface area contributed by atoms with Gasteiger partial charge in [-0.2, -0.15) is 13.2 Å². The predicted octanol–water partition coefficient (Wildman–Crippen LogP) is 4.08. The standard InChI is InChI=1S/C20H14ClF3N2O4/c21-14-7-2-1-6-13(14)16(15-9-29-10-30-15)17(18(25)27)19(28)26-12-5-3-4-11(8-12)20(22,23)24/h1-9H,10H2,(H2,25,27)(H,26,28). The number of ether oxygens (including phenoxy) is 2. The van der Waals surface area contributed by atoms with E-state index in [1.165, 1.54) is 24.5 Å². The van der Waals surface area contributed by atoms with Crippen LogP contribution in [0.4, 0.5) is 18.9 Å². The molecule has 30 heavy (non-hydrogen) atoms. The molecule has 0 spiro atoms. The van der Waals surface area contributed by atoms with Gasteiger partial charge in [0.1, 0.15) is 11.8 Å². The molecule has 10 heteroatoms. The minimum absolute atomic E-state index is 0.0242. The molecule has 2 aromatic carbocycles. The third-order valence-corrected chi connectivity index (χ3v) is 4.36. The van der Waals surface area contributed by atoms with Gasteiger partial charge in [0, 0.05) is 21.8 Å². The summed E-state index contributed by atoms with van der Waals surface area (Å²) in [4.78, 5) is 25.1. The first kappa shape index (κ1) is 21.3.